The number of nitrogens with one attached hydrogen (secondary N) is 1. The normalized spacial score (nSPS) is 28.9. The zero-order valence-electron chi connectivity index (χ0n) is 9.61. The first-order chi connectivity index (χ1) is 8.20. The van der Waals surface area contributed by atoms with Gasteiger partial charge in [-0.05, 0) is 12.1 Å². The summed E-state index contributed by atoms with van der Waals surface area (Å²) in [5.74, 6) is 0.123. The molecule has 2 nitrogen and oxygen atoms in total. The van der Waals surface area contributed by atoms with Crippen LogP contribution < -0.4 is 10.1 Å². The van der Waals surface area contributed by atoms with Crippen LogP contribution in [-0.4, -0.2) is 18.2 Å². The van der Waals surface area contributed by atoms with Gasteiger partial charge < -0.3 is 10.1 Å². The zero-order chi connectivity index (χ0) is 11.8. The summed E-state index contributed by atoms with van der Waals surface area (Å²) in [6.07, 6.45) is 6.35. The second-order valence-corrected chi connectivity index (χ2v) is 4.96. The molecule has 1 aromatic carbocycles. The molecular formula is C13H14Cl2FNO. The van der Waals surface area contributed by atoms with E-state index in [9.17, 15) is 4.39 Å². The Hall–Kier alpha value is -0.770. The van der Waals surface area contributed by atoms with E-state index in [1.54, 1.807) is 6.07 Å². The lowest BCUT2D eigenvalue weighted by Crippen LogP contribution is -2.43. The number of fused-ring (bicyclic) bond motifs is 2. The second kappa shape index (κ2) is 5.47. The standard InChI is InChI=1S/C13H13ClFNO.ClH/c14-12-4-3-10(7-13(12)15)17-11-5-8-1-2-9(6-11)16-8;/h1-4,7-9,11,16H,5-6H2;1H. The minimum Gasteiger partial charge on any atom is -0.490 e. The lowest BCUT2D eigenvalue weighted by atomic mass is 10.0. The van der Waals surface area contributed by atoms with Crippen LogP contribution in [0.4, 0.5) is 4.39 Å². The Morgan fingerprint density at radius 1 is 1.22 bits per heavy atom. The van der Waals surface area contributed by atoms with Crippen LogP contribution in [0.25, 0.3) is 0 Å². The molecular weight excluding hydrogens is 276 g/mol. The van der Waals surface area contributed by atoms with Gasteiger partial charge in [-0.25, -0.2) is 4.39 Å². The summed E-state index contributed by atoms with van der Waals surface area (Å²) in [5, 5.41) is 3.57. The third kappa shape index (κ3) is 2.79. The molecule has 5 heteroatoms. The summed E-state index contributed by atoms with van der Waals surface area (Å²) in [5.41, 5.74) is 0. The van der Waals surface area contributed by atoms with Gasteiger partial charge in [0.1, 0.15) is 17.7 Å². The summed E-state index contributed by atoms with van der Waals surface area (Å²) >= 11 is 5.63. The van der Waals surface area contributed by atoms with Crippen molar-refractivity contribution in [3.8, 4) is 5.75 Å². The number of hydrogen-bond acceptors (Lipinski definition) is 2. The number of hydrogen-bond donors (Lipinski definition) is 1. The lowest BCUT2D eigenvalue weighted by Gasteiger charge is -2.29. The molecule has 0 aromatic heterocycles. The Bertz CT molecular complexity index is 452. The molecule has 2 heterocycles. The smallest absolute Gasteiger partial charge is 0.145 e. The Morgan fingerprint density at radius 2 is 1.89 bits per heavy atom. The molecule has 2 aliphatic rings. The van der Waals surface area contributed by atoms with Crippen LogP contribution in [-0.2, 0) is 0 Å². The molecule has 1 saturated heterocycles. The number of rotatable bonds is 2. The fraction of sp³-hybridized carbons (Fsp3) is 0.385. The Labute approximate surface area is 117 Å². The molecule has 0 spiro atoms. The van der Waals surface area contributed by atoms with Gasteiger partial charge >= 0.3 is 0 Å². The highest BCUT2D eigenvalue weighted by atomic mass is 35.5. The molecule has 18 heavy (non-hydrogen) atoms. The highest BCUT2D eigenvalue weighted by Gasteiger charge is 2.30. The van der Waals surface area contributed by atoms with Gasteiger partial charge in [0.15, 0.2) is 0 Å². The Morgan fingerprint density at radius 3 is 2.50 bits per heavy atom. The molecule has 98 valence electrons. The molecule has 2 aliphatic heterocycles. The van der Waals surface area contributed by atoms with Crippen LogP contribution in [0, 0.1) is 5.82 Å². The molecule has 3 rings (SSSR count). The van der Waals surface area contributed by atoms with Gasteiger partial charge in [0.2, 0.25) is 0 Å². The van der Waals surface area contributed by atoms with Crippen molar-refractivity contribution in [2.75, 3.05) is 0 Å². The van der Waals surface area contributed by atoms with Gasteiger partial charge in [0.25, 0.3) is 0 Å². The summed E-state index contributed by atoms with van der Waals surface area (Å²) in [4.78, 5) is 0. The van der Waals surface area contributed by atoms with Gasteiger partial charge in [0, 0.05) is 31.0 Å². The van der Waals surface area contributed by atoms with E-state index in [-0.39, 0.29) is 23.5 Å². The van der Waals surface area contributed by atoms with Crippen LogP contribution in [0.15, 0.2) is 30.4 Å². The molecule has 2 atom stereocenters. The van der Waals surface area contributed by atoms with Gasteiger partial charge in [0.05, 0.1) is 5.02 Å². The van der Waals surface area contributed by atoms with Crippen molar-refractivity contribution in [1.29, 1.82) is 0 Å². The van der Waals surface area contributed by atoms with E-state index in [0.29, 0.717) is 17.8 Å². The molecule has 0 saturated carbocycles. The highest BCUT2D eigenvalue weighted by Crippen LogP contribution is 2.27. The zero-order valence-corrected chi connectivity index (χ0v) is 11.2. The minimum atomic E-state index is -0.431. The SMILES string of the molecule is Cl.Fc1cc(OC2CC3C=CC(C2)N3)ccc1Cl. The van der Waals surface area contributed by atoms with E-state index in [1.807, 2.05) is 0 Å². The van der Waals surface area contributed by atoms with Crippen molar-refractivity contribution in [1.82, 2.24) is 5.32 Å². The fourth-order valence-electron chi connectivity index (χ4n) is 2.45. The van der Waals surface area contributed by atoms with Crippen molar-refractivity contribution in [2.45, 2.75) is 31.0 Å². The van der Waals surface area contributed by atoms with E-state index in [0.717, 1.165) is 12.8 Å². The second-order valence-electron chi connectivity index (χ2n) is 4.55. The Balaban J connectivity index is 0.00000120. The van der Waals surface area contributed by atoms with Crippen molar-refractivity contribution >= 4 is 24.0 Å². The molecule has 0 aliphatic carbocycles. The third-order valence-electron chi connectivity index (χ3n) is 3.23. The highest BCUT2D eigenvalue weighted by molar-refractivity contribution is 6.30. The van der Waals surface area contributed by atoms with Crippen molar-refractivity contribution < 1.29 is 9.13 Å². The van der Waals surface area contributed by atoms with Gasteiger partial charge in [-0.1, -0.05) is 23.8 Å². The molecule has 1 aromatic rings. The summed E-state index contributed by atoms with van der Waals surface area (Å²) in [6.45, 7) is 0. The number of benzene rings is 1. The first-order valence-corrected chi connectivity index (χ1v) is 6.14. The first-order valence-electron chi connectivity index (χ1n) is 5.77. The van der Waals surface area contributed by atoms with Crippen molar-refractivity contribution in [3.63, 3.8) is 0 Å². The minimum absolute atomic E-state index is 0. The molecule has 2 unspecified atom stereocenters. The van der Waals surface area contributed by atoms with Gasteiger partial charge in [-0.15, -0.1) is 12.4 Å². The van der Waals surface area contributed by atoms with Crippen molar-refractivity contribution in [3.05, 3.63) is 41.2 Å². The Kier molecular flexibility index (Phi) is 4.15. The molecule has 2 bridgehead atoms. The average molecular weight is 290 g/mol. The average Bonchev–Trinajstić information content (AvgIpc) is 2.64. The maximum Gasteiger partial charge on any atom is 0.145 e. The molecule has 1 N–H and O–H groups in total. The van der Waals surface area contributed by atoms with E-state index >= 15 is 0 Å². The molecule has 1 fully saturated rings. The fourth-order valence-corrected chi connectivity index (χ4v) is 2.57. The monoisotopic (exact) mass is 289 g/mol. The predicted molar refractivity (Wildman–Crippen MR) is 72.2 cm³/mol. The van der Waals surface area contributed by atoms with Gasteiger partial charge in [-0.2, -0.15) is 0 Å². The lowest BCUT2D eigenvalue weighted by molar-refractivity contribution is 0.142. The number of ether oxygens (including phenoxy) is 1. The maximum atomic E-state index is 13.3. The molecule has 0 amide bonds. The quantitative estimate of drug-likeness (QED) is 0.843. The van der Waals surface area contributed by atoms with Gasteiger partial charge in [-0.3, -0.25) is 0 Å². The topological polar surface area (TPSA) is 21.3 Å². The van der Waals surface area contributed by atoms with E-state index in [2.05, 4.69) is 17.5 Å². The van der Waals surface area contributed by atoms with E-state index < -0.39 is 5.82 Å². The van der Waals surface area contributed by atoms with Crippen LogP contribution in [0.1, 0.15) is 12.8 Å². The summed E-state index contributed by atoms with van der Waals surface area (Å²) in [6, 6.07) is 5.38. The largest absolute Gasteiger partial charge is 0.490 e. The number of piperidine rings is 1. The van der Waals surface area contributed by atoms with Crippen LogP contribution in [0.2, 0.25) is 5.02 Å². The van der Waals surface area contributed by atoms with E-state index in [4.69, 9.17) is 16.3 Å². The van der Waals surface area contributed by atoms with Crippen LogP contribution in [0.5, 0.6) is 5.75 Å². The van der Waals surface area contributed by atoms with Crippen LogP contribution >= 0.6 is 24.0 Å². The van der Waals surface area contributed by atoms with Crippen molar-refractivity contribution in [2.24, 2.45) is 0 Å². The summed E-state index contributed by atoms with van der Waals surface area (Å²) in [7, 11) is 0. The predicted octanol–water partition coefficient (Wildman–Crippen LogP) is 3.34. The molecule has 0 radical (unpaired) electrons. The maximum absolute atomic E-state index is 13.3. The number of halogens is 3. The summed E-state index contributed by atoms with van der Waals surface area (Å²) < 4.78 is 19.1. The first kappa shape index (κ1) is 13.7. The third-order valence-corrected chi connectivity index (χ3v) is 3.54. The van der Waals surface area contributed by atoms with Crippen LogP contribution in [0.3, 0.4) is 0 Å². The van der Waals surface area contributed by atoms with E-state index in [1.165, 1.54) is 12.1 Å².